The Kier molecular flexibility index (Phi) is 8.32. The Bertz CT molecular complexity index is 1310. The van der Waals surface area contributed by atoms with Gasteiger partial charge in [0.15, 0.2) is 0 Å². The monoisotopic (exact) mass is 550 g/mol. The predicted molar refractivity (Wildman–Crippen MR) is 173 cm³/mol. The molecule has 0 nitrogen and oxygen atoms in total. The topological polar surface area (TPSA) is 0 Å². The first-order valence-corrected chi connectivity index (χ1v) is 19.1. The first kappa shape index (κ1) is 29.1. The van der Waals surface area contributed by atoms with Gasteiger partial charge in [-0.2, -0.15) is 0 Å². The van der Waals surface area contributed by atoms with Gasteiger partial charge >= 0.3 is 252 Å². The van der Waals surface area contributed by atoms with E-state index in [4.69, 9.17) is 0 Å². The second kappa shape index (κ2) is 10.6. The molecule has 0 heterocycles. The van der Waals surface area contributed by atoms with Crippen LogP contribution < -0.4 is 10.4 Å². The van der Waals surface area contributed by atoms with Crippen LogP contribution in [0, 0.1) is 27.7 Å². The molecule has 0 aromatic heterocycles. The summed E-state index contributed by atoms with van der Waals surface area (Å²) in [7, 11) is -1.04. The minimum atomic E-state index is -1.20. The van der Waals surface area contributed by atoms with Crippen molar-refractivity contribution in [3.8, 4) is 0 Å². The first-order chi connectivity index (χ1) is 17.2. The molecule has 0 radical (unpaired) electrons. The third-order valence-electron chi connectivity index (χ3n) is 11.0. The van der Waals surface area contributed by atoms with Crippen molar-refractivity contribution in [2.24, 2.45) is 0 Å². The van der Waals surface area contributed by atoms with Gasteiger partial charge in [-0.25, -0.2) is 0 Å². The summed E-state index contributed by atoms with van der Waals surface area (Å²) in [6, 6.07) is 14.0. The van der Waals surface area contributed by atoms with Crippen molar-refractivity contribution in [1.82, 2.24) is 0 Å². The van der Waals surface area contributed by atoms with Crippen LogP contribution in [0.1, 0.15) is 77.6 Å². The molecular formula is C34H46CaSi2. The van der Waals surface area contributed by atoms with Gasteiger partial charge in [-0.3, -0.25) is 0 Å². The van der Waals surface area contributed by atoms with Crippen LogP contribution in [-0.2, 0) is 0 Å². The van der Waals surface area contributed by atoms with Gasteiger partial charge in [-0.15, -0.1) is 0 Å². The van der Waals surface area contributed by atoms with Crippen molar-refractivity contribution >= 4 is 63.3 Å². The molecule has 2 aliphatic carbocycles. The van der Waals surface area contributed by atoms with Crippen molar-refractivity contribution in [2.45, 2.75) is 93.2 Å². The summed E-state index contributed by atoms with van der Waals surface area (Å²) in [5, 5.41) is 3.90. The number of hydrogen-bond donors (Lipinski definition) is 0. The standard InChI is InChI=1S/2C17H23Si.Ca/c2*1-11-8-7-9-16(14(11)4)18-17(6)10-12(2)13(3)15(17)5;/h2*7-9H,18H2,1-6H3;. The van der Waals surface area contributed by atoms with E-state index in [0.717, 1.165) is 0 Å². The molecule has 3 heteroatoms. The fourth-order valence-electron chi connectivity index (χ4n) is 7.20. The van der Waals surface area contributed by atoms with E-state index in [9.17, 15) is 0 Å². The van der Waals surface area contributed by atoms with Gasteiger partial charge in [0.25, 0.3) is 0 Å². The maximum atomic E-state index is 2.63. The Morgan fingerprint density at radius 3 is 1.22 bits per heavy atom. The molecule has 192 valence electrons. The number of hydrogen-bond acceptors (Lipinski definition) is 0. The molecule has 4 rings (SSSR count). The van der Waals surface area contributed by atoms with E-state index in [-0.39, 0.29) is 10.1 Å². The summed E-state index contributed by atoms with van der Waals surface area (Å²) in [5.41, 5.74) is 15.8. The minimum absolute atomic E-state index is 0.284. The average Bonchev–Trinajstić information content (AvgIpc) is 3.11. The van der Waals surface area contributed by atoms with E-state index >= 15 is 0 Å². The van der Waals surface area contributed by atoms with Crippen molar-refractivity contribution in [1.29, 1.82) is 0 Å². The first-order valence-electron chi connectivity index (χ1n) is 14.1. The summed E-state index contributed by atoms with van der Waals surface area (Å²) >= 11 is -1.20. The molecule has 0 spiro atoms. The van der Waals surface area contributed by atoms with Crippen molar-refractivity contribution in [3.05, 3.63) is 95.4 Å². The number of rotatable bonds is 6. The molecule has 2 atom stereocenters. The van der Waals surface area contributed by atoms with Crippen molar-refractivity contribution in [3.63, 3.8) is 0 Å². The van der Waals surface area contributed by atoms with Gasteiger partial charge in [0.2, 0.25) is 0 Å². The summed E-state index contributed by atoms with van der Waals surface area (Å²) in [6.07, 6.45) is 0. The fraction of sp³-hybridized carbons (Fsp3) is 0.412. The molecule has 2 unspecified atom stereocenters. The van der Waals surface area contributed by atoms with E-state index in [1.807, 2.05) is 3.34 Å². The predicted octanol–water partition coefficient (Wildman–Crippen LogP) is 6.52. The molecular weight excluding hydrogens is 505 g/mol. The Hall–Kier alpha value is -0.906. The normalized spacial score (nSPS) is 24.8. The zero-order valence-electron chi connectivity index (χ0n) is 25.6. The molecule has 0 fully saturated rings. The Morgan fingerprint density at radius 1 is 0.514 bits per heavy atom. The van der Waals surface area contributed by atoms with E-state index in [0.29, 0.717) is 0 Å². The number of aryl methyl sites for hydroxylation is 2. The van der Waals surface area contributed by atoms with Crippen LogP contribution in [0.15, 0.2) is 73.2 Å². The SMILES string of the molecule is CC1=C(C)C(C)([SiH2]c2cccc(C)c2C)[C]([Ca][C]2=C(C)C(C)=C(C)C2(C)[SiH2]c2cccc(C)c2C)=C1C. The van der Waals surface area contributed by atoms with Crippen LogP contribution in [0.25, 0.3) is 0 Å². The van der Waals surface area contributed by atoms with Gasteiger partial charge in [0.1, 0.15) is 0 Å². The Labute approximate surface area is 249 Å². The summed E-state index contributed by atoms with van der Waals surface area (Å²) in [4.78, 5) is 0. The molecule has 0 bridgehead atoms. The molecule has 0 aliphatic heterocycles. The van der Waals surface area contributed by atoms with Crippen LogP contribution in [0.4, 0.5) is 0 Å². The van der Waals surface area contributed by atoms with Crippen LogP contribution in [0.2, 0.25) is 10.1 Å². The number of allylic oxidation sites excluding steroid dienone is 8. The van der Waals surface area contributed by atoms with Gasteiger partial charge in [-0.05, 0) is 0 Å². The van der Waals surface area contributed by atoms with E-state index < -0.39 is 52.9 Å². The van der Waals surface area contributed by atoms with Crippen LogP contribution >= 0.6 is 0 Å². The molecule has 0 amide bonds. The fourth-order valence-corrected chi connectivity index (χ4v) is 18.8. The zero-order valence-corrected chi connectivity index (χ0v) is 30.6. The van der Waals surface area contributed by atoms with Crippen LogP contribution in [0.3, 0.4) is 0 Å². The quantitative estimate of drug-likeness (QED) is 0.359. The Balaban J connectivity index is 1.79. The summed E-state index contributed by atoms with van der Waals surface area (Å²) in [5.74, 6) is 0. The molecule has 0 N–H and O–H groups in total. The Morgan fingerprint density at radius 2 is 0.865 bits per heavy atom. The molecule has 0 saturated heterocycles. The molecule has 37 heavy (non-hydrogen) atoms. The molecule has 2 aromatic rings. The molecule has 2 aliphatic rings. The second-order valence-electron chi connectivity index (χ2n) is 12.6. The van der Waals surface area contributed by atoms with E-state index in [1.165, 1.54) is 22.3 Å². The third-order valence-corrected chi connectivity index (χ3v) is 23.4. The number of benzene rings is 2. The van der Waals surface area contributed by atoms with Gasteiger partial charge in [0.05, 0.1) is 0 Å². The zero-order chi connectivity index (χ0) is 27.4. The van der Waals surface area contributed by atoms with Crippen LogP contribution in [0.5, 0.6) is 0 Å². The van der Waals surface area contributed by atoms with E-state index in [2.05, 4.69) is 119 Å². The van der Waals surface area contributed by atoms with Gasteiger partial charge in [-0.1, -0.05) is 0 Å². The van der Waals surface area contributed by atoms with Crippen molar-refractivity contribution in [2.75, 3.05) is 0 Å². The van der Waals surface area contributed by atoms with Crippen LogP contribution in [-0.4, -0.2) is 52.9 Å². The maximum absolute atomic E-state index is 2.63. The molecule has 2 aromatic carbocycles. The second-order valence-corrected chi connectivity index (χ2v) is 20.4. The average molecular weight is 551 g/mol. The van der Waals surface area contributed by atoms with Crippen molar-refractivity contribution < 1.29 is 0 Å². The van der Waals surface area contributed by atoms with Gasteiger partial charge in [0, 0.05) is 0 Å². The third kappa shape index (κ3) is 4.84. The van der Waals surface area contributed by atoms with E-state index in [1.54, 1.807) is 43.8 Å². The van der Waals surface area contributed by atoms with Gasteiger partial charge < -0.3 is 0 Å². The summed E-state index contributed by atoms with van der Waals surface area (Å²) in [6.45, 7) is 29.2. The molecule has 0 saturated carbocycles. The summed E-state index contributed by atoms with van der Waals surface area (Å²) < 4.78 is 3.81.